The van der Waals surface area contributed by atoms with Crippen LogP contribution in [0, 0.1) is 0 Å². The summed E-state index contributed by atoms with van der Waals surface area (Å²) in [6.07, 6.45) is 1.66. The van der Waals surface area contributed by atoms with E-state index >= 15 is 0 Å². The molecule has 2 heterocycles. The molecule has 0 saturated heterocycles. The van der Waals surface area contributed by atoms with Gasteiger partial charge in [-0.2, -0.15) is 0 Å². The molecule has 1 aliphatic rings. The molecule has 0 spiro atoms. The molecule has 0 saturated carbocycles. The van der Waals surface area contributed by atoms with Crippen LogP contribution in [0.3, 0.4) is 0 Å². The lowest BCUT2D eigenvalue weighted by Crippen LogP contribution is -2.22. The van der Waals surface area contributed by atoms with Crippen LogP contribution in [-0.2, 0) is 4.79 Å². The second kappa shape index (κ2) is 7.52. The molecule has 0 unspecified atom stereocenters. The Morgan fingerprint density at radius 2 is 1.81 bits per heavy atom. The third-order valence-corrected chi connectivity index (χ3v) is 5.66. The van der Waals surface area contributed by atoms with Crippen LogP contribution in [-0.4, -0.2) is 22.6 Å². The van der Waals surface area contributed by atoms with Crippen LogP contribution in [0.4, 0.5) is 5.69 Å². The maximum atomic E-state index is 13.4. The maximum Gasteiger partial charge on any atom is 0.266 e. The van der Waals surface area contributed by atoms with Crippen molar-refractivity contribution in [3.05, 3.63) is 92.9 Å². The number of rotatable bonds is 3. The first-order chi connectivity index (χ1) is 15.0. The number of nitrogens with one attached hydrogen (secondary N) is 1. The number of methoxy groups -OCH3 is 1. The summed E-state index contributed by atoms with van der Waals surface area (Å²) in [4.78, 5) is 30.8. The van der Waals surface area contributed by atoms with E-state index in [2.05, 4.69) is 21.2 Å². The zero-order chi connectivity index (χ0) is 21.5. The number of para-hydroxylation sites is 1. The van der Waals surface area contributed by atoms with E-state index in [1.165, 1.54) is 4.57 Å². The van der Waals surface area contributed by atoms with Crippen molar-refractivity contribution in [2.75, 3.05) is 12.4 Å². The van der Waals surface area contributed by atoms with Crippen LogP contribution in [0.1, 0.15) is 11.4 Å². The van der Waals surface area contributed by atoms with Gasteiger partial charge < -0.3 is 10.1 Å². The van der Waals surface area contributed by atoms with Crippen LogP contribution >= 0.6 is 15.9 Å². The Balaban J connectivity index is 1.79. The second-order valence-electron chi connectivity index (χ2n) is 7.03. The van der Waals surface area contributed by atoms with Crippen molar-refractivity contribution in [1.82, 2.24) is 9.55 Å². The standard InChI is InChI=1S/C24H16BrN3O3/c1-31-16-9-7-15(8-10-16)28-22(26-20-5-3-2-4-17(20)24(28)30)13-19-18-12-14(25)6-11-21(18)27-23(19)29/h2-13H,1H3,(H,27,29). The van der Waals surface area contributed by atoms with Gasteiger partial charge in [-0.1, -0.05) is 28.1 Å². The number of halogens is 1. The fraction of sp³-hybridized carbons (Fsp3) is 0.0417. The highest BCUT2D eigenvalue weighted by atomic mass is 79.9. The molecule has 3 aromatic carbocycles. The Morgan fingerprint density at radius 3 is 2.58 bits per heavy atom. The van der Waals surface area contributed by atoms with Gasteiger partial charge in [-0.05, 0) is 60.7 Å². The average Bonchev–Trinajstić information content (AvgIpc) is 3.08. The highest BCUT2D eigenvalue weighted by Gasteiger charge is 2.25. The molecule has 31 heavy (non-hydrogen) atoms. The van der Waals surface area contributed by atoms with Gasteiger partial charge in [0.25, 0.3) is 11.5 Å². The predicted molar refractivity (Wildman–Crippen MR) is 125 cm³/mol. The van der Waals surface area contributed by atoms with Crippen molar-refractivity contribution in [1.29, 1.82) is 0 Å². The predicted octanol–water partition coefficient (Wildman–Crippen LogP) is 4.65. The smallest absolute Gasteiger partial charge is 0.266 e. The molecule has 4 aromatic rings. The first kappa shape index (κ1) is 19.3. The van der Waals surface area contributed by atoms with Gasteiger partial charge in [-0.3, -0.25) is 14.2 Å². The topological polar surface area (TPSA) is 73.2 Å². The van der Waals surface area contributed by atoms with Crippen molar-refractivity contribution in [3.63, 3.8) is 0 Å². The van der Waals surface area contributed by atoms with Crippen LogP contribution in [0.2, 0.25) is 0 Å². The lowest BCUT2D eigenvalue weighted by Gasteiger charge is -2.12. The Hall–Kier alpha value is -3.71. The monoisotopic (exact) mass is 473 g/mol. The van der Waals surface area contributed by atoms with Gasteiger partial charge in [0.2, 0.25) is 0 Å². The Bertz CT molecular complexity index is 1440. The van der Waals surface area contributed by atoms with E-state index in [0.29, 0.717) is 33.7 Å². The molecule has 0 aliphatic carbocycles. The largest absolute Gasteiger partial charge is 0.497 e. The molecule has 1 N–H and O–H groups in total. The summed E-state index contributed by atoms with van der Waals surface area (Å²) in [5.41, 5.74) is 2.90. The van der Waals surface area contributed by atoms with Gasteiger partial charge in [-0.15, -0.1) is 0 Å². The third kappa shape index (κ3) is 3.33. The van der Waals surface area contributed by atoms with E-state index in [4.69, 9.17) is 9.72 Å². The molecule has 1 aromatic heterocycles. The molecule has 0 atom stereocenters. The molecule has 7 heteroatoms. The number of nitrogens with zero attached hydrogens (tertiary/aromatic N) is 2. The molecule has 0 bridgehead atoms. The fourth-order valence-electron chi connectivity index (χ4n) is 3.66. The minimum absolute atomic E-state index is 0.213. The van der Waals surface area contributed by atoms with Gasteiger partial charge in [-0.25, -0.2) is 4.98 Å². The minimum atomic E-state index is -0.239. The Morgan fingerprint density at radius 1 is 1.03 bits per heavy atom. The van der Waals surface area contributed by atoms with Gasteiger partial charge in [0, 0.05) is 15.7 Å². The number of hydrogen-bond acceptors (Lipinski definition) is 4. The maximum absolute atomic E-state index is 13.4. The summed E-state index contributed by atoms with van der Waals surface area (Å²) in [5, 5.41) is 3.36. The number of amides is 1. The highest BCUT2D eigenvalue weighted by molar-refractivity contribution is 9.10. The summed E-state index contributed by atoms with van der Waals surface area (Å²) in [5.74, 6) is 0.808. The molecule has 0 fully saturated rings. The Kier molecular flexibility index (Phi) is 4.67. The lowest BCUT2D eigenvalue weighted by molar-refractivity contribution is -0.110. The first-order valence-corrected chi connectivity index (χ1v) is 10.3. The number of hydrogen-bond donors (Lipinski definition) is 1. The molecule has 1 aliphatic heterocycles. The number of anilines is 1. The second-order valence-corrected chi connectivity index (χ2v) is 7.94. The van der Waals surface area contributed by atoms with Crippen molar-refractivity contribution in [2.45, 2.75) is 0 Å². The number of fused-ring (bicyclic) bond motifs is 2. The number of aromatic nitrogens is 2. The van der Waals surface area contributed by atoms with Crippen molar-refractivity contribution >= 4 is 50.1 Å². The van der Waals surface area contributed by atoms with Crippen molar-refractivity contribution < 1.29 is 9.53 Å². The van der Waals surface area contributed by atoms with E-state index in [0.717, 1.165) is 15.7 Å². The number of ether oxygens (including phenoxy) is 1. The molecular weight excluding hydrogens is 458 g/mol. The molecule has 1 amide bonds. The quantitative estimate of drug-likeness (QED) is 0.439. The molecular formula is C24H16BrN3O3. The van der Waals surface area contributed by atoms with Crippen LogP contribution in [0.5, 0.6) is 5.75 Å². The van der Waals surface area contributed by atoms with E-state index < -0.39 is 0 Å². The van der Waals surface area contributed by atoms with E-state index in [-0.39, 0.29) is 11.5 Å². The summed E-state index contributed by atoms with van der Waals surface area (Å²) in [6.45, 7) is 0. The van der Waals surface area contributed by atoms with Crippen LogP contribution < -0.4 is 15.6 Å². The minimum Gasteiger partial charge on any atom is -0.497 e. The van der Waals surface area contributed by atoms with E-state index in [9.17, 15) is 9.59 Å². The molecule has 0 radical (unpaired) electrons. The van der Waals surface area contributed by atoms with Crippen LogP contribution in [0.15, 0.2) is 76.0 Å². The number of carbonyl (C=O) groups is 1. The van der Waals surface area contributed by atoms with Crippen molar-refractivity contribution in [3.8, 4) is 11.4 Å². The van der Waals surface area contributed by atoms with Gasteiger partial charge in [0.15, 0.2) is 0 Å². The van der Waals surface area contributed by atoms with Gasteiger partial charge in [0.1, 0.15) is 11.6 Å². The lowest BCUT2D eigenvalue weighted by atomic mass is 10.1. The zero-order valence-electron chi connectivity index (χ0n) is 16.4. The summed E-state index contributed by atoms with van der Waals surface area (Å²) < 4.78 is 7.60. The van der Waals surface area contributed by atoms with Gasteiger partial charge >= 0.3 is 0 Å². The summed E-state index contributed by atoms with van der Waals surface area (Å²) in [7, 11) is 1.59. The number of carbonyl (C=O) groups excluding carboxylic acids is 1. The normalized spacial score (nSPS) is 14.0. The first-order valence-electron chi connectivity index (χ1n) is 9.54. The van der Waals surface area contributed by atoms with Gasteiger partial charge in [0.05, 0.1) is 29.3 Å². The summed E-state index contributed by atoms with van der Waals surface area (Å²) in [6, 6.07) is 19.9. The molecule has 5 rings (SSSR count). The molecule has 152 valence electrons. The molecule has 6 nitrogen and oxygen atoms in total. The Labute approximate surface area is 185 Å². The van der Waals surface area contributed by atoms with Crippen molar-refractivity contribution in [2.24, 2.45) is 0 Å². The summed E-state index contributed by atoms with van der Waals surface area (Å²) >= 11 is 3.46. The van der Waals surface area contributed by atoms with E-state index in [1.54, 1.807) is 55.7 Å². The van der Waals surface area contributed by atoms with Crippen LogP contribution in [0.25, 0.3) is 28.2 Å². The van der Waals surface area contributed by atoms with E-state index in [1.807, 2.05) is 24.3 Å². The average molecular weight is 474 g/mol. The third-order valence-electron chi connectivity index (χ3n) is 5.17. The highest BCUT2D eigenvalue weighted by Crippen LogP contribution is 2.35. The zero-order valence-corrected chi connectivity index (χ0v) is 18.0. The number of benzene rings is 3. The fourth-order valence-corrected chi connectivity index (χ4v) is 4.02. The SMILES string of the molecule is COc1ccc(-n2c(C=C3C(=O)Nc4ccc(Br)cc43)nc3ccccc3c2=O)cc1.